The van der Waals surface area contributed by atoms with Crippen LogP contribution in [0.2, 0.25) is 15.1 Å². The number of rotatable bonds is 6. The van der Waals surface area contributed by atoms with Crippen molar-refractivity contribution in [3.8, 4) is 11.5 Å². The summed E-state index contributed by atoms with van der Waals surface area (Å²) in [5.74, 6) is 0.433. The molecule has 1 heterocycles. The monoisotopic (exact) mass is 471 g/mol. The summed E-state index contributed by atoms with van der Waals surface area (Å²) in [6.07, 6.45) is 1.59. The second-order valence-corrected chi connectivity index (χ2v) is 8.15. The molecule has 2 aromatic carbocycles. The number of carbonyl (C=O) groups excluding carboxylic acids is 2. The van der Waals surface area contributed by atoms with Gasteiger partial charge < -0.3 is 9.47 Å². The third-order valence-corrected chi connectivity index (χ3v) is 5.99. The zero-order valence-corrected chi connectivity index (χ0v) is 18.6. The van der Waals surface area contributed by atoms with Crippen LogP contribution in [0, 0.1) is 0 Å². The first kappa shape index (κ1) is 21.8. The van der Waals surface area contributed by atoms with Gasteiger partial charge in [-0.3, -0.25) is 14.5 Å². The first-order chi connectivity index (χ1) is 13.8. The van der Waals surface area contributed by atoms with Crippen molar-refractivity contribution in [2.24, 2.45) is 0 Å². The van der Waals surface area contributed by atoms with Gasteiger partial charge in [0.15, 0.2) is 11.5 Å². The molecular formula is C20H16Cl3NO4S. The number of imide groups is 1. The number of nitrogens with zero attached hydrogens (tertiary/aromatic N) is 1. The molecule has 1 aliphatic rings. The van der Waals surface area contributed by atoms with Crippen molar-refractivity contribution in [1.82, 2.24) is 4.90 Å². The maximum atomic E-state index is 12.8. The third-order valence-electron chi connectivity index (χ3n) is 4.09. The number of methoxy groups -OCH3 is 1. The molecule has 9 heteroatoms. The Morgan fingerprint density at radius 1 is 1.10 bits per heavy atom. The molecule has 152 valence electrons. The van der Waals surface area contributed by atoms with Gasteiger partial charge in [0.1, 0.15) is 0 Å². The molecule has 29 heavy (non-hydrogen) atoms. The number of benzene rings is 2. The molecule has 2 amide bonds. The zero-order chi connectivity index (χ0) is 21.1. The molecule has 0 unspecified atom stereocenters. The van der Waals surface area contributed by atoms with Gasteiger partial charge in [0.05, 0.1) is 30.2 Å². The van der Waals surface area contributed by atoms with Crippen LogP contribution in [0.15, 0.2) is 35.2 Å². The van der Waals surface area contributed by atoms with Gasteiger partial charge in [0.25, 0.3) is 11.1 Å². The average Bonchev–Trinajstić information content (AvgIpc) is 2.93. The van der Waals surface area contributed by atoms with Gasteiger partial charge in [-0.25, -0.2) is 0 Å². The summed E-state index contributed by atoms with van der Waals surface area (Å²) in [6.45, 7) is 2.26. The minimum Gasteiger partial charge on any atom is -0.493 e. The fourth-order valence-corrected chi connectivity index (χ4v) is 4.37. The van der Waals surface area contributed by atoms with E-state index in [4.69, 9.17) is 44.3 Å². The smallest absolute Gasteiger partial charge is 0.293 e. The average molecular weight is 473 g/mol. The summed E-state index contributed by atoms with van der Waals surface area (Å²) in [5, 5.41) is 0.730. The van der Waals surface area contributed by atoms with Crippen LogP contribution in [0.4, 0.5) is 4.79 Å². The number of carbonyl (C=O) groups is 2. The van der Waals surface area contributed by atoms with E-state index in [0.29, 0.717) is 44.3 Å². The molecule has 0 radical (unpaired) electrons. The van der Waals surface area contributed by atoms with E-state index in [1.54, 1.807) is 36.4 Å². The van der Waals surface area contributed by atoms with Gasteiger partial charge in [0.2, 0.25) is 0 Å². The minimum absolute atomic E-state index is 0.00608. The molecule has 0 aliphatic carbocycles. The first-order valence-electron chi connectivity index (χ1n) is 8.54. The Labute approximate surface area is 187 Å². The topological polar surface area (TPSA) is 55.8 Å². The quantitative estimate of drug-likeness (QED) is 0.462. The lowest BCUT2D eigenvalue weighted by Gasteiger charge is -2.14. The fourth-order valence-electron chi connectivity index (χ4n) is 2.74. The Morgan fingerprint density at radius 3 is 2.41 bits per heavy atom. The summed E-state index contributed by atoms with van der Waals surface area (Å²) in [4.78, 5) is 26.6. The molecule has 1 saturated heterocycles. The van der Waals surface area contributed by atoms with Crippen molar-refractivity contribution in [3.05, 3.63) is 61.4 Å². The second-order valence-electron chi connectivity index (χ2n) is 5.94. The van der Waals surface area contributed by atoms with Crippen LogP contribution in [0.3, 0.4) is 0 Å². The van der Waals surface area contributed by atoms with E-state index in [1.807, 2.05) is 6.92 Å². The molecule has 1 aliphatic heterocycles. The zero-order valence-electron chi connectivity index (χ0n) is 15.5. The molecule has 0 spiro atoms. The summed E-state index contributed by atoms with van der Waals surface area (Å²) in [7, 11) is 1.50. The number of halogens is 3. The predicted octanol–water partition coefficient (Wildman–Crippen LogP) is 6.29. The Morgan fingerprint density at radius 2 is 1.79 bits per heavy atom. The van der Waals surface area contributed by atoms with E-state index in [0.717, 1.165) is 16.7 Å². The molecule has 5 nitrogen and oxygen atoms in total. The van der Waals surface area contributed by atoms with Crippen LogP contribution in [0.5, 0.6) is 11.5 Å². The van der Waals surface area contributed by atoms with Crippen LogP contribution < -0.4 is 9.47 Å². The molecule has 0 saturated carbocycles. The van der Waals surface area contributed by atoms with Gasteiger partial charge in [-0.05, 0) is 54.6 Å². The summed E-state index contributed by atoms with van der Waals surface area (Å²) >= 11 is 19.4. The highest BCUT2D eigenvalue weighted by molar-refractivity contribution is 8.18. The Hall–Kier alpha value is -1.86. The number of hydrogen-bond acceptors (Lipinski definition) is 5. The van der Waals surface area contributed by atoms with Gasteiger partial charge in [0, 0.05) is 15.6 Å². The maximum absolute atomic E-state index is 12.8. The van der Waals surface area contributed by atoms with E-state index in [2.05, 4.69) is 0 Å². The Balaban J connectivity index is 1.89. The number of thioether (sulfide) groups is 1. The highest BCUT2D eigenvalue weighted by Gasteiger charge is 2.35. The molecule has 3 rings (SSSR count). The van der Waals surface area contributed by atoms with Gasteiger partial charge >= 0.3 is 0 Å². The molecule has 0 aromatic heterocycles. The standard InChI is InChI=1S/C20H16Cl3NO4S/c1-3-28-18-15(23)7-11(8-16(18)27-2)9-17-19(25)24(20(26)29-17)10-12-13(21)5-4-6-14(12)22/h4-9H,3,10H2,1-2H3/b17-9-. The van der Waals surface area contributed by atoms with Crippen LogP contribution >= 0.6 is 46.6 Å². The normalized spacial score (nSPS) is 15.3. The Kier molecular flexibility index (Phi) is 7.01. The van der Waals surface area contributed by atoms with Crippen molar-refractivity contribution >= 4 is 63.8 Å². The van der Waals surface area contributed by atoms with E-state index >= 15 is 0 Å². The number of amides is 2. The van der Waals surface area contributed by atoms with Crippen molar-refractivity contribution in [1.29, 1.82) is 0 Å². The molecular weight excluding hydrogens is 457 g/mol. The lowest BCUT2D eigenvalue weighted by molar-refractivity contribution is -0.123. The van der Waals surface area contributed by atoms with E-state index < -0.39 is 11.1 Å². The molecule has 1 fully saturated rings. The van der Waals surface area contributed by atoms with Gasteiger partial charge in [-0.1, -0.05) is 40.9 Å². The highest BCUT2D eigenvalue weighted by atomic mass is 35.5. The van der Waals surface area contributed by atoms with Crippen LogP contribution in [0.25, 0.3) is 6.08 Å². The lowest BCUT2D eigenvalue weighted by Crippen LogP contribution is -2.27. The number of hydrogen-bond donors (Lipinski definition) is 0. The van der Waals surface area contributed by atoms with E-state index in [-0.39, 0.29) is 11.4 Å². The first-order valence-corrected chi connectivity index (χ1v) is 10.5. The maximum Gasteiger partial charge on any atom is 0.293 e. The predicted molar refractivity (Wildman–Crippen MR) is 117 cm³/mol. The molecule has 0 atom stereocenters. The van der Waals surface area contributed by atoms with Crippen LogP contribution in [-0.2, 0) is 11.3 Å². The lowest BCUT2D eigenvalue weighted by atomic mass is 10.1. The third kappa shape index (κ3) is 4.67. The Bertz CT molecular complexity index is 989. The fraction of sp³-hybridized carbons (Fsp3) is 0.200. The van der Waals surface area contributed by atoms with Crippen LogP contribution in [-0.4, -0.2) is 29.8 Å². The van der Waals surface area contributed by atoms with Gasteiger partial charge in [-0.2, -0.15) is 0 Å². The summed E-state index contributed by atoms with van der Waals surface area (Å²) in [5.41, 5.74) is 1.13. The van der Waals surface area contributed by atoms with Crippen molar-refractivity contribution in [2.45, 2.75) is 13.5 Å². The second kappa shape index (κ2) is 9.30. The molecule has 0 N–H and O–H groups in total. The summed E-state index contributed by atoms with van der Waals surface area (Å²) < 4.78 is 10.8. The molecule has 0 bridgehead atoms. The van der Waals surface area contributed by atoms with E-state index in [9.17, 15) is 9.59 Å². The molecule has 2 aromatic rings. The minimum atomic E-state index is -0.431. The SMILES string of the molecule is CCOc1c(Cl)cc(/C=C2\SC(=O)N(Cc3c(Cl)cccc3Cl)C2=O)cc1OC. The van der Waals surface area contributed by atoms with Crippen molar-refractivity contribution in [2.75, 3.05) is 13.7 Å². The van der Waals surface area contributed by atoms with Crippen LogP contribution in [0.1, 0.15) is 18.1 Å². The van der Waals surface area contributed by atoms with Crippen molar-refractivity contribution in [3.63, 3.8) is 0 Å². The largest absolute Gasteiger partial charge is 0.493 e. The van der Waals surface area contributed by atoms with Crippen molar-refractivity contribution < 1.29 is 19.1 Å². The van der Waals surface area contributed by atoms with Gasteiger partial charge in [-0.15, -0.1) is 0 Å². The number of ether oxygens (including phenoxy) is 2. The highest BCUT2D eigenvalue weighted by Crippen LogP contribution is 2.39. The van der Waals surface area contributed by atoms with E-state index in [1.165, 1.54) is 7.11 Å². The summed E-state index contributed by atoms with van der Waals surface area (Å²) in [6, 6.07) is 8.35.